The summed E-state index contributed by atoms with van der Waals surface area (Å²) in [5, 5.41) is 0.370. The number of halogens is 3. The summed E-state index contributed by atoms with van der Waals surface area (Å²) in [5.74, 6) is -0.207. The van der Waals surface area contributed by atoms with Gasteiger partial charge in [0.15, 0.2) is 0 Å². The molecule has 0 saturated heterocycles. The van der Waals surface area contributed by atoms with Crippen molar-refractivity contribution in [2.75, 3.05) is 0 Å². The molecular formula is C13H11BrClFN2. The van der Waals surface area contributed by atoms with Crippen LogP contribution in [0.1, 0.15) is 25.3 Å². The quantitative estimate of drug-likeness (QED) is 0.738. The molecule has 2 rings (SSSR count). The van der Waals surface area contributed by atoms with Gasteiger partial charge >= 0.3 is 0 Å². The average Bonchev–Trinajstić information content (AvgIpc) is 2.31. The molecule has 18 heavy (non-hydrogen) atoms. The Morgan fingerprint density at radius 3 is 2.67 bits per heavy atom. The smallest absolute Gasteiger partial charge is 0.136 e. The Morgan fingerprint density at radius 1 is 1.28 bits per heavy atom. The Kier molecular flexibility index (Phi) is 3.97. The summed E-state index contributed by atoms with van der Waals surface area (Å²) in [6.45, 7) is 3.95. The molecule has 0 amide bonds. The molecule has 1 aromatic heterocycles. The van der Waals surface area contributed by atoms with E-state index in [1.165, 1.54) is 12.4 Å². The lowest BCUT2D eigenvalue weighted by atomic mass is 9.98. The predicted octanol–water partition coefficient (Wildman–Crippen LogP) is 4.82. The molecule has 2 nitrogen and oxygen atoms in total. The van der Waals surface area contributed by atoms with Gasteiger partial charge in [0, 0.05) is 15.6 Å². The number of aromatic nitrogens is 2. The van der Waals surface area contributed by atoms with Crippen LogP contribution in [0.5, 0.6) is 0 Å². The second kappa shape index (κ2) is 5.33. The maximum atomic E-state index is 13.9. The van der Waals surface area contributed by atoms with E-state index in [1.807, 2.05) is 13.8 Å². The van der Waals surface area contributed by atoms with Crippen molar-refractivity contribution in [3.05, 3.63) is 45.5 Å². The lowest BCUT2D eigenvalue weighted by Gasteiger charge is -2.13. The Labute approximate surface area is 118 Å². The van der Waals surface area contributed by atoms with Gasteiger partial charge in [0.2, 0.25) is 0 Å². The first-order chi connectivity index (χ1) is 8.50. The Hall–Kier alpha value is -1.00. The van der Waals surface area contributed by atoms with E-state index in [2.05, 4.69) is 25.9 Å². The highest BCUT2D eigenvalue weighted by Gasteiger charge is 2.17. The summed E-state index contributed by atoms with van der Waals surface area (Å²) >= 11 is 9.41. The van der Waals surface area contributed by atoms with Crippen LogP contribution in [0.15, 0.2) is 29.0 Å². The first-order valence-corrected chi connectivity index (χ1v) is 6.63. The first-order valence-electron chi connectivity index (χ1n) is 5.46. The minimum Gasteiger partial charge on any atom is -0.236 e. The molecule has 1 aromatic carbocycles. The van der Waals surface area contributed by atoms with Crippen LogP contribution in [0.2, 0.25) is 5.15 Å². The third-order valence-corrected chi connectivity index (χ3v) is 3.39. The van der Waals surface area contributed by atoms with Crippen LogP contribution in [0, 0.1) is 5.82 Å². The van der Waals surface area contributed by atoms with Gasteiger partial charge in [-0.1, -0.05) is 41.4 Å². The molecule has 0 radical (unpaired) electrons. The third-order valence-electron chi connectivity index (χ3n) is 2.60. The molecular weight excluding hydrogens is 319 g/mol. The number of benzene rings is 1. The van der Waals surface area contributed by atoms with Crippen molar-refractivity contribution in [2.24, 2.45) is 0 Å². The SMILES string of the molecule is CC(C)c1c(Cl)ncnc1-c1cc(Br)ccc1F. The minimum absolute atomic E-state index is 0.118. The molecule has 0 atom stereocenters. The predicted molar refractivity (Wildman–Crippen MR) is 74.2 cm³/mol. The second-order valence-electron chi connectivity index (χ2n) is 4.21. The summed E-state index contributed by atoms with van der Waals surface area (Å²) < 4.78 is 14.7. The minimum atomic E-state index is -0.324. The molecule has 0 unspecified atom stereocenters. The number of rotatable bonds is 2. The molecule has 0 aliphatic heterocycles. The van der Waals surface area contributed by atoms with E-state index in [1.54, 1.807) is 12.1 Å². The monoisotopic (exact) mass is 328 g/mol. The summed E-state index contributed by atoms with van der Waals surface area (Å²) in [7, 11) is 0. The van der Waals surface area contributed by atoms with E-state index in [0.717, 1.165) is 10.0 Å². The van der Waals surface area contributed by atoms with Crippen molar-refractivity contribution in [3.8, 4) is 11.3 Å². The van der Waals surface area contributed by atoms with Gasteiger partial charge in [0.05, 0.1) is 5.69 Å². The highest BCUT2D eigenvalue weighted by atomic mass is 79.9. The standard InChI is InChI=1S/C13H11BrClFN2/c1-7(2)11-12(17-6-18-13(11)15)9-5-8(14)3-4-10(9)16/h3-7H,1-2H3. The zero-order valence-electron chi connectivity index (χ0n) is 9.92. The summed E-state index contributed by atoms with van der Waals surface area (Å²) in [6.07, 6.45) is 1.35. The number of hydrogen-bond acceptors (Lipinski definition) is 2. The fourth-order valence-corrected chi connectivity index (χ4v) is 2.49. The topological polar surface area (TPSA) is 25.8 Å². The van der Waals surface area contributed by atoms with Gasteiger partial charge in [0.25, 0.3) is 0 Å². The zero-order valence-corrected chi connectivity index (χ0v) is 12.3. The van der Waals surface area contributed by atoms with Gasteiger partial charge in [-0.2, -0.15) is 0 Å². The highest BCUT2D eigenvalue weighted by Crippen LogP contribution is 2.33. The molecule has 0 spiro atoms. The van der Waals surface area contributed by atoms with Crippen LogP contribution in [-0.2, 0) is 0 Å². The summed E-state index contributed by atoms with van der Waals surface area (Å²) in [5.41, 5.74) is 1.73. The van der Waals surface area contributed by atoms with E-state index in [0.29, 0.717) is 16.4 Å². The molecule has 0 fully saturated rings. The molecule has 2 aromatic rings. The van der Waals surface area contributed by atoms with Crippen molar-refractivity contribution in [3.63, 3.8) is 0 Å². The maximum Gasteiger partial charge on any atom is 0.136 e. The van der Waals surface area contributed by atoms with Gasteiger partial charge < -0.3 is 0 Å². The Morgan fingerprint density at radius 2 is 2.00 bits per heavy atom. The van der Waals surface area contributed by atoms with Crippen LogP contribution < -0.4 is 0 Å². The maximum absolute atomic E-state index is 13.9. The molecule has 5 heteroatoms. The fourth-order valence-electron chi connectivity index (χ4n) is 1.78. The van der Waals surface area contributed by atoms with Crippen molar-refractivity contribution >= 4 is 27.5 Å². The average molecular weight is 330 g/mol. The van der Waals surface area contributed by atoms with E-state index in [-0.39, 0.29) is 11.7 Å². The molecule has 1 heterocycles. The van der Waals surface area contributed by atoms with Crippen molar-refractivity contribution in [1.29, 1.82) is 0 Å². The first kappa shape index (κ1) is 13.4. The van der Waals surface area contributed by atoms with Crippen LogP contribution >= 0.6 is 27.5 Å². The Balaban J connectivity index is 2.71. The molecule has 0 saturated carbocycles. The van der Waals surface area contributed by atoms with E-state index >= 15 is 0 Å². The lowest BCUT2D eigenvalue weighted by Crippen LogP contribution is -2.00. The highest BCUT2D eigenvalue weighted by molar-refractivity contribution is 9.10. The van der Waals surface area contributed by atoms with Crippen molar-refractivity contribution in [1.82, 2.24) is 9.97 Å². The van der Waals surface area contributed by atoms with Crippen LogP contribution in [0.3, 0.4) is 0 Å². The largest absolute Gasteiger partial charge is 0.236 e. The van der Waals surface area contributed by atoms with Gasteiger partial charge in [-0.15, -0.1) is 0 Å². The molecule has 0 aliphatic carbocycles. The fraction of sp³-hybridized carbons (Fsp3) is 0.231. The van der Waals surface area contributed by atoms with E-state index in [9.17, 15) is 4.39 Å². The van der Waals surface area contributed by atoms with Gasteiger partial charge in [-0.05, 0) is 24.1 Å². The molecule has 0 bridgehead atoms. The van der Waals surface area contributed by atoms with E-state index < -0.39 is 0 Å². The molecule has 0 aliphatic rings. The number of nitrogens with zero attached hydrogens (tertiary/aromatic N) is 2. The zero-order chi connectivity index (χ0) is 13.3. The van der Waals surface area contributed by atoms with Crippen molar-refractivity contribution < 1.29 is 4.39 Å². The summed E-state index contributed by atoms with van der Waals surface area (Å²) in [4.78, 5) is 8.14. The van der Waals surface area contributed by atoms with Crippen LogP contribution in [0.25, 0.3) is 11.3 Å². The second-order valence-corrected chi connectivity index (χ2v) is 5.48. The van der Waals surface area contributed by atoms with Crippen LogP contribution in [-0.4, -0.2) is 9.97 Å². The van der Waals surface area contributed by atoms with Crippen molar-refractivity contribution in [2.45, 2.75) is 19.8 Å². The lowest BCUT2D eigenvalue weighted by molar-refractivity contribution is 0.629. The number of hydrogen-bond donors (Lipinski definition) is 0. The van der Waals surface area contributed by atoms with Gasteiger partial charge in [-0.3, -0.25) is 0 Å². The third kappa shape index (κ3) is 2.54. The normalized spacial score (nSPS) is 11.0. The van der Waals surface area contributed by atoms with Gasteiger partial charge in [0.1, 0.15) is 17.3 Å². The van der Waals surface area contributed by atoms with E-state index in [4.69, 9.17) is 11.6 Å². The molecule has 0 N–H and O–H groups in total. The van der Waals surface area contributed by atoms with Gasteiger partial charge in [-0.25, -0.2) is 14.4 Å². The molecule has 94 valence electrons. The summed E-state index contributed by atoms with van der Waals surface area (Å²) in [6, 6.07) is 4.75. The Bertz CT molecular complexity index is 587. The van der Waals surface area contributed by atoms with Crippen LogP contribution in [0.4, 0.5) is 4.39 Å².